The van der Waals surface area contributed by atoms with Crippen LogP contribution in [0.3, 0.4) is 0 Å². The first kappa shape index (κ1) is 27.6. The molecule has 2 aliphatic rings. The summed E-state index contributed by atoms with van der Waals surface area (Å²) in [5, 5.41) is 2.69. The molecule has 2 saturated heterocycles. The van der Waals surface area contributed by atoms with Crippen LogP contribution in [0.4, 0.5) is 8.78 Å². The number of rotatable bonds is 9. The number of ketones is 1. The van der Waals surface area contributed by atoms with Crippen molar-refractivity contribution in [2.24, 2.45) is 5.92 Å². The van der Waals surface area contributed by atoms with E-state index in [0.717, 1.165) is 4.31 Å². The van der Waals surface area contributed by atoms with Gasteiger partial charge in [0.05, 0.1) is 12.6 Å². The first-order valence-corrected chi connectivity index (χ1v) is 13.5. The van der Waals surface area contributed by atoms with Gasteiger partial charge in [-0.1, -0.05) is 13.8 Å². The highest BCUT2D eigenvalue weighted by molar-refractivity contribution is 7.89. The average molecular weight is 551 g/mol. The standard InChI is InChI=1S/C25H28F2N4O6S/c1-15(2)12-19(29-23(33)16-5-7-17(8-6-16)37-25(26)27)24(34)30-11-9-20-22(30)21(32)14-31(20)38(35,36)18-4-3-10-28-13-18/h3-8,10,13,15,19-20,22,25H,9,11-12,14H2,1-2H3,(H,29,33). The molecule has 4 rings (SSSR count). The number of ether oxygens (including phenoxy) is 1. The predicted octanol–water partition coefficient (Wildman–Crippen LogP) is 2.07. The fraction of sp³-hybridized carbons (Fsp3) is 0.440. The SMILES string of the molecule is CC(C)CC(NC(=O)c1ccc(OC(F)F)cc1)C(=O)N1CCC2C1C(=O)CN2S(=O)(=O)c1cccnc1. The summed E-state index contributed by atoms with van der Waals surface area (Å²) < 4.78 is 56.6. The first-order valence-electron chi connectivity index (χ1n) is 12.1. The van der Waals surface area contributed by atoms with Gasteiger partial charge in [-0.05, 0) is 55.2 Å². The van der Waals surface area contributed by atoms with Crippen LogP contribution >= 0.6 is 0 Å². The zero-order chi connectivity index (χ0) is 27.6. The van der Waals surface area contributed by atoms with Crippen LogP contribution in [0.5, 0.6) is 5.75 Å². The van der Waals surface area contributed by atoms with E-state index in [4.69, 9.17) is 0 Å². The van der Waals surface area contributed by atoms with Crippen molar-refractivity contribution in [3.05, 3.63) is 54.4 Å². The molecule has 2 amide bonds. The number of carbonyl (C=O) groups is 3. The monoisotopic (exact) mass is 550 g/mol. The molecule has 0 bridgehead atoms. The molecule has 0 aliphatic carbocycles. The van der Waals surface area contributed by atoms with Gasteiger partial charge in [-0.25, -0.2) is 8.42 Å². The average Bonchev–Trinajstić information content (AvgIpc) is 3.45. The number of nitrogens with one attached hydrogen (secondary N) is 1. The van der Waals surface area contributed by atoms with Crippen molar-refractivity contribution in [3.63, 3.8) is 0 Å². The molecule has 3 unspecified atom stereocenters. The molecule has 10 nitrogen and oxygen atoms in total. The second kappa shape index (κ2) is 11.1. The van der Waals surface area contributed by atoms with E-state index in [9.17, 15) is 31.6 Å². The van der Waals surface area contributed by atoms with Crippen LogP contribution in [0.25, 0.3) is 0 Å². The van der Waals surface area contributed by atoms with Crippen molar-refractivity contribution in [2.45, 2.75) is 56.3 Å². The van der Waals surface area contributed by atoms with Crippen LogP contribution in [0.1, 0.15) is 37.0 Å². The number of fused-ring (bicyclic) bond motifs is 1. The quantitative estimate of drug-likeness (QED) is 0.507. The van der Waals surface area contributed by atoms with Gasteiger partial charge in [0.25, 0.3) is 5.91 Å². The number of sulfonamides is 1. The predicted molar refractivity (Wildman–Crippen MR) is 131 cm³/mol. The molecule has 1 aromatic carbocycles. The molecule has 3 heterocycles. The lowest BCUT2D eigenvalue weighted by Gasteiger charge is -2.29. The van der Waals surface area contributed by atoms with E-state index in [-0.39, 0.29) is 48.1 Å². The Hall–Kier alpha value is -3.45. The van der Waals surface area contributed by atoms with Crippen LogP contribution in [-0.2, 0) is 19.6 Å². The van der Waals surface area contributed by atoms with Gasteiger partial charge >= 0.3 is 6.61 Å². The van der Waals surface area contributed by atoms with Gasteiger partial charge in [-0.3, -0.25) is 19.4 Å². The number of nitrogens with zero attached hydrogens (tertiary/aromatic N) is 3. The fourth-order valence-corrected chi connectivity index (χ4v) is 6.49. The number of alkyl halides is 2. The number of Topliss-reactive ketones (excluding diaryl/α,β-unsaturated/α-hetero) is 1. The zero-order valence-electron chi connectivity index (χ0n) is 20.8. The van der Waals surface area contributed by atoms with Gasteiger partial charge in [0.15, 0.2) is 5.78 Å². The molecule has 2 fully saturated rings. The van der Waals surface area contributed by atoms with Crippen LogP contribution in [0, 0.1) is 5.92 Å². The topological polar surface area (TPSA) is 126 Å². The maximum Gasteiger partial charge on any atom is 0.387 e. The minimum Gasteiger partial charge on any atom is -0.435 e. The molecule has 38 heavy (non-hydrogen) atoms. The molecule has 0 spiro atoms. The Bertz CT molecular complexity index is 1290. The van der Waals surface area contributed by atoms with Gasteiger partial charge in [0.1, 0.15) is 22.7 Å². The van der Waals surface area contributed by atoms with E-state index in [2.05, 4.69) is 15.0 Å². The minimum atomic E-state index is -4.00. The molecular weight excluding hydrogens is 522 g/mol. The molecule has 204 valence electrons. The maximum absolute atomic E-state index is 13.6. The number of hydrogen-bond acceptors (Lipinski definition) is 7. The zero-order valence-corrected chi connectivity index (χ0v) is 21.6. The molecular formula is C25H28F2N4O6S. The number of benzene rings is 1. The van der Waals surface area contributed by atoms with Crippen molar-refractivity contribution >= 4 is 27.6 Å². The summed E-state index contributed by atoms with van der Waals surface area (Å²) in [7, 11) is -4.00. The largest absolute Gasteiger partial charge is 0.435 e. The van der Waals surface area contributed by atoms with Crippen LogP contribution in [0.2, 0.25) is 0 Å². The Morgan fingerprint density at radius 3 is 2.50 bits per heavy atom. The van der Waals surface area contributed by atoms with E-state index < -0.39 is 52.4 Å². The molecule has 0 radical (unpaired) electrons. The molecule has 13 heteroatoms. The third-order valence-corrected chi connectivity index (χ3v) is 8.41. The van der Waals surface area contributed by atoms with Crippen molar-refractivity contribution < 1.29 is 36.3 Å². The summed E-state index contributed by atoms with van der Waals surface area (Å²) in [6, 6.07) is 5.30. The number of likely N-dealkylation sites (tertiary alicyclic amines) is 1. The van der Waals surface area contributed by atoms with E-state index >= 15 is 0 Å². The van der Waals surface area contributed by atoms with Gasteiger partial charge in [0.2, 0.25) is 15.9 Å². The number of carbonyl (C=O) groups excluding carboxylic acids is 3. The summed E-state index contributed by atoms with van der Waals surface area (Å²) in [4.78, 5) is 44.7. The van der Waals surface area contributed by atoms with Crippen molar-refractivity contribution in [1.82, 2.24) is 19.5 Å². The number of halogens is 2. The summed E-state index contributed by atoms with van der Waals surface area (Å²) >= 11 is 0. The second-order valence-electron chi connectivity index (χ2n) is 9.60. The van der Waals surface area contributed by atoms with Gasteiger partial charge in [-0.15, -0.1) is 0 Å². The molecule has 2 aliphatic heterocycles. The molecule has 2 aromatic rings. The normalized spacial score (nSPS) is 20.6. The lowest BCUT2D eigenvalue weighted by Crippen LogP contribution is -2.53. The minimum absolute atomic E-state index is 0.00574. The van der Waals surface area contributed by atoms with Crippen molar-refractivity contribution in [2.75, 3.05) is 13.1 Å². The van der Waals surface area contributed by atoms with E-state index in [1.807, 2.05) is 13.8 Å². The third-order valence-electron chi connectivity index (χ3n) is 6.55. The number of aromatic nitrogens is 1. The highest BCUT2D eigenvalue weighted by Crippen LogP contribution is 2.34. The Morgan fingerprint density at radius 1 is 1.18 bits per heavy atom. The summed E-state index contributed by atoms with van der Waals surface area (Å²) in [5.41, 5.74) is 0.137. The van der Waals surface area contributed by atoms with Crippen LogP contribution in [0.15, 0.2) is 53.7 Å². The van der Waals surface area contributed by atoms with Crippen molar-refractivity contribution in [1.29, 1.82) is 0 Å². The Balaban J connectivity index is 1.51. The van der Waals surface area contributed by atoms with Crippen molar-refractivity contribution in [3.8, 4) is 5.75 Å². The number of pyridine rings is 1. The summed E-state index contributed by atoms with van der Waals surface area (Å²) in [6.07, 6.45) is 3.21. The lowest BCUT2D eigenvalue weighted by atomic mass is 10.0. The highest BCUT2D eigenvalue weighted by atomic mass is 32.2. The smallest absolute Gasteiger partial charge is 0.387 e. The van der Waals surface area contributed by atoms with E-state index in [1.54, 1.807) is 0 Å². The molecule has 3 atom stereocenters. The molecule has 1 N–H and O–H groups in total. The summed E-state index contributed by atoms with van der Waals surface area (Å²) in [6.45, 7) is 0.547. The Morgan fingerprint density at radius 2 is 1.89 bits per heavy atom. The Labute approximate surface area is 219 Å². The third kappa shape index (κ3) is 5.68. The van der Waals surface area contributed by atoms with Gasteiger partial charge in [0, 0.05) is 24.5 Å². The summed E-state index contributed by atoms with van der Waals surface area (Å²) in [5.74, 6) is -1.57. The highest BCUT2D eigenvalue weighted by Gasteiger charge is 2.54. The van der Waals surface area contributed by atoms with E-state index in [1.165, 1.54) is 53.7 Å². The number of hydrogen-bond donors (Lipinski definition) is 1. The Kier molecular flexibility index (Phi) is 8.07. The number of amides is 2. The van der Waals surface area contributed by atoms with Crippen LogP contribution < -0.4 is 10.1 Å². The lowest BCUT2D eigenvalue weighted by molar-refractivity contribution is -0.138. The van der Waals surface area contributed by atoms with Gasteiger partial charge in [-0.2, -0.15) is 13.1 Å². The molecule has 0 saturated carbocycles. The van der Waals surface area contributed by atoms with E-state index in [0.29, 0.717) is 0 Å². The van der Waals surface area contributed by atoms with Crippen LogP contribution in [-0.4, -0.2) is 78.0 Å². The fourth-order valence-electron chi connectivity index (χ4n) is 4.90. The second-order valence-corrected chi connectivity index (χ2v) is 11.5. The molecule has 1 aromatic heterocycles. The maximum atomic E-state index is 13.6. The first-order chi connectivity index (χ1) is 18.0. The van der Waals surface area contributed by atoms with Gasteiger partial charge < -0.3 is 15.0 Å².